The predicted molar refractivity (Wildman–Crippen MR) is 101 cm³/mol. The molecule has 0 bridgehead atoms. The smallest absolute Gasteiger partial charge is 0.246 e. The van der Waals surface area contributed by atoms with E-state index >= 15 is 0 Å². The zero-order chi connectivity index (χ0) is 18.7. The summed E-state index contributed by atoms with van der Waals surface area (Å²) >= 11 is 1.40. The van der Waals surface area contributed by atoms with Gasteiger partial charge in [-0.15, -0.1) is 10.2 Å². The number of amides is 1. The zero-order valence-corrected chi connectivity index (χ0v) is 17.0. The second-order valence-corrected chi connectivity index (χ2v) is 8.71. The number of carbonyl (C=O) groups is 1. The summed E-state index contributed by atoms with van der Waals surface area (Å²) in [5.74, 6) is 0.516. The molecule has 1 amide bonds. The van der Waals surface area contributed by atoms with Crippen LogP contribution in [0.5, 0.6) is 0 Å². The Morgan fingerprint density at radius 2 is 1.92 bits per heavy atom. The highest BCUT2D eigenvalue weighted by molar-refractivity contribution is 7.15. The molecule has 1 aromatic heterocycles. The van der Waals surface area contributed by atoms with Gasteiger partial charge in [0.15, 0.2) is 0 Å². The first kappa shape index (κ1) is 20.2. The van der Waals surface area contributed by atoms with E-state index in [0.717, 1.165) is 37.6 Å². The molecule has 0 spiro atoms. The van der Waals surface area contributed by atoms with Crippen LogP contribution in [0.2, 0.25) is 0 Å². The van der Waals surface area contributed by atoms with E-state index in [4.69, 9.17) is 4.74 Å². The lowest BCUT2D eigenvalue weighted by Gasteiger charge is -2.37. The van der Waals surface area contributed by atoms with Gasteiger partial charge >= 0.3 is 0 Å². The maximum absolute atomic E-state index is 12.8. The minimum Gasteiger partial charge on any atom is -0.381 e. The summed E-state index contributed by atoms with van der Waals surface area (Å²) in [7, 11) is 3.89. The van der Waals surface area contributed by atoms with Crippen molar-refractivity contribution >= 4 is 22.4 Å². The Labute approximate surface area is 154 Å². The number of carbonyl (C=O) groups excluding carboxylic acids is 1. The Hall–Kier alpha value is -1.09. The topological polar surface area (TPSA) is 79.4 Å². The molecular formula is C17H31N5O2S. The van der Waals surface area contributed by atoms with Gasteiger partial charge in [0, 0.05) is 19.8 Å². The van der Waals surface area contributed by atoms with Crippen molar-refractivity contribution in [1.29, 1.82) is 0 Å². The predicted octanol–water partition coefficient (Wildman–Crippen LogP) is 2.07. The highest BCUT2D eigenvalue weighted by Crippen LogP contribution is 2.27. The third-order valence-corrected chi connectivity index (χ3v) is 6.35. The quantitative estimate of drug-likeness (QED) is 0.766. The number of rotatable bonds is 7. The van der Waals surface area contributed by atoms with Gasteiger partial charge in [0.1, 0.15) is 5.01 Å². The molecule has 0 aliphatic carbocycles. The molecule has 1 fully saturated rings. The molecule has 1 aliphatic heterocycles. The Morgan fingerprint density at radius 3 is 2.52 bits per heavy atom. The molecule has 1 saturated heterocycles. The maximum atomic E-state index is 12.8. The lowest BCUT2D eigenvalue weighted by Crippen LogP contribution is -2.52. The van der Waals surface area contributed by atoms with E-state index in [1.807, 2.05) is 41.8 Å². The minimum absolute atomic E-state index is 0.0629. The molecule has 25 heavy (non-hydrogen) atoms. The van der Waals surface area contributed by atoms with E-state index in [2.05, 4.69) is 25.7 Å². The van der Waals surface area contributed by atoms with Crippen molar-refractivity contribution in [1.82, 2.24) is 20.4 Å². The fraction of sp³-hybridized carbons (Fsp3) is 0.824. The van der Waals surface area contributed by atoms with Crippen LogP contribution in [-0.4, -0.2) is 60.4 Å². The summed E-state index contributed by atoms with van der Waals surface area (Å²) in [6.45, 7) is 10.5. The standard InChI is InChI=1S/C17H31N5O2S/c1-16(2,18-5)14-20-21-15(25-14)19-13(23)17(3,4)22(6)11-12-7-9-24-10-8-12/h12,18H,7-11H2,1-6H3,(H,19,21,23). The minimum atomic E-state index is -0.622. The molecule has 0 unspecified atom stereocenters. The summed E-state index contributed by atoms with van der Waals surface area (Å²) in [4.78, 5) is 14.9. The molecule has 0 radical (unpaired) electrons. The number of hydrogen-bond acceptors (Lipinski definition) is 7. The summed E-state index contributed by atoms with van der Waals surface area (Å²) in [6, 6.07) is 0. The highest BCUT2D eigenvalue weighted by atomic mass is 32.1. The van der Waals surface area contributed by atoms with E-state index in [1.54, 1.807) is 0 Å². The number of nitrogens with one attached hydrogen (secondary N) is 2. The van der Waals surface area contributed by atoms with Gasteiger partial charge in [-0.1, -0.05) is 11.3 Å². The first-order chi connectivity index (χ1) is 11.7. The average Bonchev–Trinajstić information content (AvgIpc) is 3.05. The van der Waals surface area contributed by atoms with E-state index in [0.29, 0.717) is 11.0 Å². The molecule has 0 aromatic carbocycles. The lowest BCUT2D eigenvalue weighted by molar-refractivity contribution is -0.126. The van der Waals surface area contributed by atoms with Crippen molar-refractivity contribution in [3.05, 3.63) is 5.01 Å². The van der Waals surface area contributed by atoms with E-state index < -0.39 is 5.54 Å². The fourth-order valence-corrected chi connectivity index (χ4v) is 3.45. The van der Waals surface area contributed by atoms with Crippen LogP contribution in [0, 0.1) is 5.92 Å². The summed E-state index contributed by atoms with van der Waals surface area (Å²) < 4.78 is 5.42. The van der Waals surface area contributed by atoms with E-state index in [9.17, 15) is 4.79 Å². The molecule has 1 aliphatic rings. The highest BCUT2D eigenvalue weighted by Gasteiger charge is 2.34. The molecule has 0 saturated carbocycles. The van der Waals surface area contributed by atoms with Crippen LogP contribution in [0.3, 0.4) is 0 Å². The van der Waals surface area contributed by atoms with Crippen LogP contribution in [0.25, 0.3) is 0 Å². The third-order valence-electron chi connectivity index (χ3n) is 5.19. The van der Waals surface area contributed by atoms with Gasteiger partial charge in [-0.05, 0) is 60.5 Å². The number of likely N-dealkylation sites (N-methyl/N-ethyl adjacent to an activating group) is 1. The Bertz CT molecular complexity index is 581. The largest absolute Gasteiger partial charge is 0.381 e. The van der Waals surface area contributed by atoms with Crippen molar-refractivity contribution in [2.45, 2.75) is 51.6 Å². The number of anilines is 1. The molecular weight excluding hydrogens is 338 g/mol. The van der Waals surface area contributed by atoms with Gasteiger partial charge in [0.25, 0.3) is 0 Å². The molecule has 0 atom stereocenters. The molecule has 2 heterocycles. The maximum Gasteiger partial charge on any atom is 0.246 e. The average molecular weight is 370 g/mol. The van der Waals surface area contributed by atoms with Crippen LogP contribution in [-0.2, 0) is 15.1 Å². The molecule has 2 N–H and O–H groups in total. The normalized spacial score (nSPS) is 17.1. The molecule has 2 rings (SSSR count). The molecule has 8 heteroatoms. The summed E-state index contributed by atoms with van der Waals surface area (Å²) in [5, 5.41) is 15.8. The van der Waals surface area contributed by atoms with Gasteiger partial charge in [-0.25, -0.2) is 0 Å². The third kappa shape index (κ3) is 4.97. The van der Waals surface area contributed by atoms with E-state index in [-0.39, 0.29) is 11.4 Å². The lowest BCUT2D eigenvalue weighted by atomic mass is 9.95. The summed E-state index contributed by atoms with van der Waals surface area (Å²) in [6.07, 6.45) is 2.11. The van der Waals surface area contributed by atoms with Gasteiger partial charge in [0.05, 0.1) is 11.1 Å². The monoisotopic (exact) mass is 369 g/mol. The van der Waals surface area contributed by atoms with Gasteiger partial charge < -0.3 is 10.1 Å². The van der Waals surface area contributed by atoms with Crippen LogP contribution in [0.1, 0.15) is 45.5 Å². The van der Waals surface area contributed by atoms with Crippen LogP contribution in [0.4, 0.5) is 5.13 Å². The fourth-order valence-electron chi connectivity index (χ4n) is 2.60. The van der Waals surface area contributed by atoms with Crippen molar-refractivity contribution < 1.29 is 9.53 Å². The molecule has 142 valence electrons. The van der Waals surface area contributed by atoms with Gasteiger partial charge in [-0.3, -0.25) is 15.0 Å². The van der Waals surface area contributed by atoms with Crippen LogP contribution >= 0.6 is 11.3 Å². The van der Waals surface area contributed by atoms with Crippen LogP contribution < -0.4 is 10.6 Å². The first-order valence-electron chi connectivity index (χ1n) is 8.80. The van der Waals surface area contributed by atoms with Crippen molar-refractivity contribution in [3.8, 4) is 0 Å². The van der Waals surface area contributed by atoms with Gasteiger partial charge in [0.2, 0.25) is 11.0 Å². The van der Waals surface area contributed by atoms with Crippen molar-refractivity contribution in [2.24, 2.45) is 5.92 Å². The SMILES string of the molecule is CNC(C)(C)c1nnc(NC(=O)C(C)(C)N(C)CC2CCOCC2)s1. The van der Waals surface area contributed by atoms with Crippen molar-refractivity contribution in [3.63, 3.8) is 0 Å². The second kappa shape index (κ2) is 8.07. The van der Waals surface area contributed by atoms with Crippen LogP contribution in [0.15, 0.2) is 0 Å². The van der Waals surface area contributed by atoms with Gasteiger partial charge in [-0.2, -0.15) is 0 Å². The number of hydrogen-bond donors (Lipinski definition) is 2. The molecule has 7 nitrogen and oxygen atoms in total. The number of nitrogens with zero attached hydrogens (tertiary/aromatic N) is 3. The number of aromatic nitrogens is 2. The number of ether oxygens (including phenoxy) is 1. The zero-order valence-electron chi connectivity index (χ0n) is 16.2. The van der Waals surface area contributed by atoms with Crippen molar-refractivity contribution in [2.75, 3.05) is 39.2 Å². The Morgan fingerprint density at radius 1 is 1.28 bits per heavy atom. The first-order valence-corrected chi connectivity index (χ1v) is 9.62. The second-order valence-electron chi connectivity index (χ2n) is 7.74. The van der Waals surface area contributed by atoms with E-state index in [1.165, 1.54) is 11.3 Å². The Balaban J connectivity index is 1.98. The Kier molecular flexibility index (Phi) is 6.53. The summed E-state index contributed by atoms with van der Waals surface area (Å²) in [5.41, 5.74) is -0.890. The molecule has 1 aromatic rings.